The summed E-state index contributed by atoms with van der Waals surface area (Å²) in [6.07, 6.45) is 0. The topological polar surface area (TPSA) is 28.7 Å². The van der Waals surface area contributed by atoms with E-state index in [4.69, 9.17) is 11.6 Å². The Morgan fingerprint density at radius 3 is 2.84 bits per heavy atom. The normalized spacial score (nSPS) is 11.1. The largest absolute Gasteiger partial charge is 0.333 e. The zero-order valence-electron chi connectivity index (χ0n) is 9.86. The molecule has 0 atom stereocenters. The van der Waals surface area contributed by atoms with Crippen molar-refractivity contribution in [3.05, 3.63) is 57.5 Å². The number of aromatic nitrogens is 2. The summed E-state index contributed by atoms with van der Waals surface area (Å²) in [5.74, 6) is 0.798. The minimum atomic E-state index is 0.776. The molecule has 0 saturated heterocycles. The van der Waals surface area contributed by atoms with Crippen molar-refractivity contribution in [1.82, 2.24) is 9.97 Å². The van der Waals surface area contributed by atoms with Crippen LogP contribution in [0.1, 0.15) is 5.56 Å². The van der Waals surface area contributed by atoms with Gasteiger partial charge in [-0.2, -0.15) is 0 Å². The van der Waals surface area contributed by atoms with E-state index in [0.717, 1.165) is 37.0 Å². The lowest BCUT2D eigenvalue weighted by atomic mass is 10.2. The molecule has 2 nitrogen and oxygen atoms in total. The molecule has 0 radical (unpaired) electrons. The summed E-state index contributed by atoms with van der Waals surface area (Å²) in [4.78, 5) is 7.83. The Bertz CT molecular complexity index is 693. The van der Waals surface area contributed by atoms with Crippen LogP contribution in [-0.2, 0) is 5.75 Å². The second kappa shape index (κ2) is 5.57. The summed E-state index contributed by atoms with van der Waals surface area (Å²) < 4.78 is 0.995. The second-order valence-electron chi connectivity index (χ2n) is 4.08. The smallest absolute Gasteiger partial charge is 0.166 e. The van der Waals surface area contributed by atoms with Crippen molar-refractivity contribution in [2.75, 3.05) is 0 Å². The van der Waals surface area contributed by atoms with Crippen LogP contribution in [0, 0.1) is 0 Å². The number of halogens is 2. The summed E-state index contributed by atoms with van der Waals surface area (Å²) >= 11 is 11.3. The SMILES string of the molecule is Clc1cc(Br)ccc1CSc1nc2ccccc2[nH]1. The first-order valence-corrected chi connectivity index (χ1v) is 7.89. The molecular formula is C14H10BrClN2S. The van der Waals surface area contributed by atoms with Gasteiger partial charge in [0.25, 0.3) is 0 Å². The van der Waals surface area contributed by atoms with E-state index >= 15 is 0 Å². The number of aromatic amines is 1. The molecule has 3 rings (SSSR count). The molecule has 5 heteroatoms. The van der Waals surface area contributed by atoms with E-state index in [1.165, 1.54) is 0 Å². The molecule has 0 spiro atoms. The van der Waals surface area contributed by atoms with Crippen molar-refractivity contribution in [2.45, 2.75) is 10.9 Å². The zero-order valence-corrected chi connectivity index (χ0v) is 13.0. The van der Waals surface area contributed by atoms with Crippen LogP contribution in [0.4, 0.5) is 0 Å². The van der Waals surface area contributed by atoms with Crippen molar-refractivity contribution in [3.63, 3.8) is 0 Å². The maximum atomic E-state index is 6.20. The predicted molar refractivity (Wildman–Crippen MR) is 84.8 cm³/mol. The lowest BCUT2D eigenvalue weighted by molar-refractivity contribution is 1.08. The Morgan fingerprint density at radius 1 is 1.21 bits per heavy atom. The van der Waals surface area contributed by atoms with Gasteiger partial charge in [-0.3, -0.25) is 0 Å². The molecule has 0 aliphatic heterocycles. The molecule has 0 saturated carbocycles. The first-order chi connectivity index (χ1) is 9.22. The highest BCUT2D eigenvalue weighted by Gasteiger charge is 2.05. The van der Waals surface area contributed by atoms with Gasteiger partial charge in [-0.25, -0.2) is 4.98 Å². The second-order valence-corrected chi connectivity index (χ2v) is 6.37. The summed E-state index contributed by atoms with van der Waals surface area (Å²) in [5, 5.41) is 1.69. The van der Waals surface area contributed by atoms with Crippen LogP contribution < -0.4 is 0 Å². The summed E-state index contributed by atoms with van der Waals surface area (Å²) in [6.45, 7) is 0. The number of benzene rings is 2. The Hall–Kier alpha value is -0.970. The van der Waals surface area contributed by atoms with Gasteiger partial charge in [0.1, 0.15) is 0 Å². The first kappa shape index (κ1) is 13.0. The minimum Gasteiger partial charge on any atom is -0.333 e. The highest BCUT2D eigenvalue weighted by molar-refractivity contribution is 9.10. The Balaban J connectivity index is 1.78. The maximum Gasteiger partial charge on any atom is 0.166 e. The Kier molecular flexibility index (Phi) is 3.82. The highest BCUT2D eigenvalue weighted by atomic mass is 79.9. The molecule has 96 valence electrons. The van der Waals surface area contributed by atoms with E-state index in [1.54, 1.807) is 11.8 Å². The van der Waals surface area contributed by atoms with Crippen molar-refractivity contribution < 1.29 is 0 Å². The number of para-hydroxylation sites is 2. The maximum absolute atomic E-state index is 6.20. The van der Waals surface area contributed by atoms with Gasteiger partial charge in [-0.05, 0) is 29.8 Å². The van der Waals surface area contributed by atoms with Crippen molar-refractivity contribution in [3.8, 4) is 0 Å². The van der Waals surface area contributed by atoms with Gasteiger partial charge in [0.05, 0.1) is 11.0 Å². The minimum absolute atomic E-state index is 0.776. The molecule has 0 bridgehead atoms. The Morgan fingerprint density at radius 2 is 2.05 bits per heavy atom. The molecule has 0 unspecified atom stereocenters. The fraction of sp³-hybridized carbons (Fsp3) is 0.0714. The lowest BCUT2D eigenvalue weighted by Crippen LogP contribution is -1.83. The van der Waals surface area contributed by atoms with Gasteiger partial charge < -0.3 is 4.98 Å². The average Bonchev–Trinajstić information content (AvgIpc) is 2.80. The van der Waals surface area contributed by atoms with E-state index in [-0.39, 0.29) is 0 Å². The van der Waals surface area contributed by atoms with E-state index in [9.17, 15) is 0 Å². The number of nitrogens with one attached hydrogen (secondary N) is 1. The average molecular weight is 354 g/mol. The number of nitrogens with zero attached hydrogens (tertiary/aromatic N) is 1. The summed E-state index contributed by atoms with van der Waals surface area (Å²) in [7, 11) is 0. The number of rotatable bonds is 3. The lowest BCUT2D eigenvalue weighted by Gasteiger charge is -2.02. The third-order valence-corrected chi connectivity index (χ3v) is 4.51. The number of hydrogen-bond donors (Lipinski definition) is 1. The van der Waals surface area contributed by atoms with Gasteiger partial charge in [0, 0.05) is 15.2 Å². The van der Waals surface area contributed by atoms with E-state index in [1.807, 2.05) is 42.5 Å². The van der Waals surface area contributed by atoms with Gasteiger partial charge in [-0.15, -0.1) is 0 Å². The first-order valence-electron chi connectivity index (χ1n) is 5.74. The van der Waals surface area contributed by atoms with E-state index in [0.29, 0.717) is 0 Å². The number of hydrogen-bond acceptors (Lipinski definition) is 2. The van der Waals surface area contributed by atoms with Crippen LogP contribution in [0.5, 0.6) is 0 Å². The molecule has 0 amide bonds. The molecule has 1 N–H and O–H groups in total. The number of H-pyrrole nitrogens is 1. The van der Waals surface area contributed by atoms with Crippen LogP contribution >= 0.6 is 39.3 Å². The standard InChI is InChI=1S/C14H10BrClN2S/c15-10-6-5-9(11(16)7-10)8-19-14-17-12-3-1-2-4-13(12)18-14/h1-7H,8H2,(H,17,18). The molecule has 3 aromatic rings. The van der Waals surface area contributed by atoms with Crippen LogP contribution in [0.15, 0.2) is 52.1 Å². The molecule has 0 aliphatic rings. The van der Waals surface area contributed by atoms with Crippen LogP contribution in [0.25, 0.3) is 11.0 Å². The van der Waals surface area contributed by atoms with Gasteiger partial charge in [-0.1, -0.05) is 57.5 Å². The quantitative estimate of drug-likeness (QED) is 0.650. The van der Waals surface area contributed by atoms with Crippen LogP contribution in [-0.4, -0.2) is 9.97 Å². The fourth-order valence-electron chi connectivity index (χ4n) is 1.78. The molecule has 2 aromatic carbocycles. The Labute approximate surface area is 128 Å². The van der Waals surface area contributed by atoms with E-state index < -0.39 is 0 Å². The number of fused-ring (bicyclic) bond motifs is 1. The van der Waals surface area contributed by atoms with Crippen molar-refractivity contribution in [2.24, 2.45) is 0 Å². The number of imidazole rings is 1. The van der Waals surface area contributed by atoms with Crippen LogP contribution in [0.2, 0.25) is 5.02 Å². The number of thioether (sulfide) groups is 1. The van der Waals surface area contributed by atoms with Crippen molar-refractivity contribution >= 4 is 50.3 Å². The van der Waals surface area contributed by atoms with Crippen molar-refractivity contribution in [1.29, 1.82) is 0 Å². The zero-order chi connectivity index (χ0) is 13.2. The third kappa shape index (κ3) is 2.96. The highest BCUT2D eigenvalue weighted by Crippen LogP contribution is 2.28. The van der Waals surface area contributed by atoms with Crippen LogP contribution in [0.3, 0.4) is 0 Å². The molecule has 0 fully saturated rings. The molecule has 1 heterocycles. The third-order valence-electron chi connectivity index (χ3n) is 2.75. The van der Waals surface area contributed by atoms with Gasteiger partial charge >= 0.3 is 0 Å². The molecule has 1 aromatic heterocycles. The summed E-state index contributed by atoms with van der Waals surface area (Å²) in [6, 6.07) is 14.0. The monoisotopic (exact) mass is 352 g/mol. The van der Waals surface area contributed by atoms with Gasteiger partial charge in [0.2, 0.25) is 0 Å². The van der Waals surface area contributed by atoms with E-state index in [2.05, 4.69) is 25.9 Å². The molecular weight excluding hydrogens is 344 g/mol. The fourth-order valence-corrected chi connectivity index (χ4v) is 3.49. The molecule has 0 aliphatic carbocycles. The predicted octanol–water partition coefficient (Wildman–Crippen LogP) is 5.27. The summed E-state index contributed by atoms with van der Waals surface area (Å²) in [5.41, 5.74) is 3.16. The molecule has 19 heavy (non-hydrogen) atoms. The van der Waals surface area contributed by atoms with Gasteiger partial charge in [0.15, 0.2) is 5.16 Å².